The Morgan fingerprint density at radius 3 is 1.45 bits per heavy atom. The number of rotatable bonds is 4. The Morgan fingerprint density at radius 1 is 0.621 bits per heavy atom. The van der Waals surface area contributed by atoms with E-state index in [0.717, 1.165) is 58.2 Å². The molecule has 0 aromatic rings. The van der Waals surface area contributed by atoms with Crippen molar-refractivity contribution in [2.75, 3.05) is 0 Å². The Hall–Kier alpha value is 0. The highest BCUT2D eigenvalue weighted by Gasteiger charge is 2.62. The third-order valence-electron chi connectivity index (χ3n) is 9.58. The van der Waals surface area contributed by atoms with Crippen LogP contribution in [0.25, 0.3) is 0 Å². The van der Waals surface area contributed by atoms with Crippen LogP contribution < -0.4 is 0 Å². The summed E-state index contributed by atoms with van der Waals surface area (Å²) < 4.78 is 0. The average Bonchev–Trinajstić information content (AvgIpc) is 3.59. The topological polar surface area (TPSA) is 0 Å². The second-order valence-corrected chi connectivity index (χ2v) is 11.7. The molecule has 0 radical (unpaired) electrons. The minimum absolute atomic E-state index is 0.811. The van der Waals surface area contributed by atoms with Crippen LogP contribution in [0.5, 0.6) is 0 Å². The van der Waals surface area contributed by atoms with Crippen LogP contribution in [0.2, 0.25) is 0 Å². The van der Waals surface area contributed by atoms with E-state index in [0.29, 0.717) is 0 Å². The Bertz CT molecular complexity index is 459. The average molecular weight is 407 g/mol. The van der Waals surface area contributed by atoms with Gasteiger partial charge < -0.3 is 0 Å². The lowest BCUT2D eigenvalue weighted by Gasteiger charge is -2.32. The van der Waals surface area contributed by atoms with Crippen molar-refractivity contribution in [1.29, 1.82) is 0 Å². The molecular weight excluding hydrogens is 348 g/mol. The summed E-state index contributed by atoms with van der Waals surface area (Å²) >= 11 is 0. The predicted molar refractivity (Wildman–Crippen MR) is 133 cm³/mol. The monoisotopic (exact) mass is 406 g/mol. The Morgan fingerprint density at radius 2 is 1.14 bits per heavy atom. The van der Waals surface area contributed by atoms with Gasteiger partial charge in [0.25, 0.3) is 0 Å². The number of hydrogen-bond acceptors (Lipinski definition) is 0. The predicted octanol–water partition coefficient (Wildman–Crippen LogP) is 9.87. The zero-order chi connectivity index (χ0) is 22.6. The van der Waals surface area contributed by atoms with E-state index in [9.17, 15) is 0 Å². The van der Waals surface area contributed by atoms with Gasteiger partial charge in [0, 0.05) is 0 Å². The molecule has 0 amide bonds. The van der Waals surface area contributed by atoms with Crippen molar-refractivity contribution in [3.63, 3.8) is 0 Å². The summed E-state index contributed by atoms with van der Waals surface area (Å²) in [6, 6.07) is 0. The minimum atomic E-state index is 0.811. The number of fused-ring (bicyclic) bond motifs is 2. The maximum absolute atomic E-state index is 2.43. The summed E-state index contributed by atoms with van der Waals surface area (Å²) in [5.41, 5.74) is 1.63. The quantitative estimate of drug-likeness (QED) is 0.435. The van der Waals surface area contributed by atoms with Gasteiger partial charge in [0.2, 0.25) is 0 Å². The van der Waals surface area contributed by atoms with Gasteiger partial charge in [0.1, 0.15) is 0 Å². The van der Waals surface area contributed by atoms with Crippen LogP contribution in [0, 0.1) is 58.2 Å². The van der Waals surface area contributed by atoms with E-state index < -0.39 is 0 Å². The van der Waals surface area contributed by atoms with Crippen molar-refractivity contribution >= 4 is 0 Å². The molecule has 0 heteroatoms. The summed E-state index contributed by atoms with van der Waals surface area (Å²) in [4.78, 5) is 0. The lowest BCUT2D eigenvalue weighted by atomic mass is 9.73. The third kappa shape index (κ3) is 5.63. The van der Waals surface area contributed by atoms with Crippen molar-refractivity contribution in [3.8, 4) is 0 Å². The molecule has 4 saturated carbocycles. The fourth-order valence-corrected chi connectivity index (χ4v) is 7.17. The van der Waals surface area contributed by atoms with E-state index in [-0.39, 0.29) is 0 Å². The van der Waals surface area contributed by atoms with Gasteiger partial charge in [-0.2, -0.15) is 0 Å². The first kappa shape index (κ1) is 27.0. The van der Waals surface area contributed by atoms with Crippen molar-refractivity contribution in [3.05, 3.63) is 0 Å². The lowest BCUT2D eigenvalue weighted by molar-refractivity contribution is 0.176. The van der Waals surface area contributed by atoms with E-state index in [1.807, 2.05) is 27.7 Å². The normalized spacial score (nSPS) is 38.9. The molecule has 0 spiro atoms. The molecule has 29 heavy (non-hydrogen) atoms. The number of hydrogen-bond donors (Lipinski definition) is 0. The zero-order valence-corrected chi connectivity index (χ0v) is 22.6. The van der Waals surface area contributed by atoms with Gasteiger partial charge in [-0.25, -0.2) is 0 Å². The fourth-order valence-electron chi connectivity index (χ4n) is 7.17. The van der Waals surface area contributed by atoms with E-state index in [1.165, 1.54) is 32.1 Å². The molecule has 0 N–H and O–H groups in total. The van der Waals surface area contributed by atoms with Crippen LogP contribution in [0.4, 0.5) is 0 Å². The van der Waals surface area contributed by atoms with Crippen LogP contribution in [-0.2, 0) is 0 Å². The summed E-state index contributed by atoms with van der Waals surface area (Å²) in [6.45, 7) is 27.3. The largest absolute Gasteiger partial charge is 0.0683 e. The van der Waals surface area contributed by atoms with Gasteiger partial charge in [0.15, 0.2) is 0 Å². The molecule has 0 nitrogen and oxygen atoms in total. The molecule has 0 bridgehead atoms. The van der Waals surface area contributed by atoms with E-state index in [2.05, 4.69) is 55.4 Å². The molecule has 0 heterocycles. The highest BCUT2D eigenvalue weighted by atomic mass is 14.7. The molecule has 0 saturated heterocycles. The molecule has 0 aliphatic heterocycles. The SMILES string of the molecule is CC.CC.CC(C)C1CCC2(C(C)C)CC12.CC(C)C1CCC2(C(C)C)CC2C1. The highest BCUT2D eigenvalue weighted by Crippen LogP contribution is 2.71. The molecule has 4 rings (SSSR count). The molecule has 4 aliphatic carbocycles. The van der Waals surface area contributed by atoms with Crippen molar-refractivity contribution < 1.29 is 0 Å². The van der Waals surface area contributed by atoms with Gasteiger partial charge in [-0.05, 0) is 103 Å². The second kappa shape index (κ2) is 11.0. The molecule has 0 aromatic carbocycles. The Labute approximate surface area is 186 Å². The van der Waals surface area contributed by atoms with Crippen LogP contribution >= 0.6 is 0 Å². The molecular formula is C29H58. The fraction of sp³-hybridized carbons (Fsp3) is 1.00. The van der Waals surface area contributed by atoms with Gasteiger partial charge >= 0.3 is 0 Å². The standard InChI is InChI=1S/C13H24.C12H22.2C2H6/c1-9(2)11-5-6-13(10(3)4)8-12(13)7-11;1-8(2)10-5-6-12(9(3)4)7-11(10)12;2*1-2/h9-12H,5-8H2,1-4H3;8-11H,5-7H2,1-4H3;2*1-2H3. The van der Waals surface area contributed by atoms with Crippen LogP contribution in [-0.4, -0.2) is 0 Å². The maximum atomic E-state index is 2.43. The van der Waals surface area contributed by atoms with Gasteiger partial charge in [0.05, 0.1) is 0 Å². The highest BCUT2D eigenvalue weighted by molar-refractivity contribution is 5.11. The lowest BCUT2D eigenvalue weighted by Crippen LogP contribution is -2.23. The Kier molecular flexibility index (Phi) is 10.3. The maximum Gasteiger partial charge on any atom is -0.0240 e. The molecule has 6 unspecified atom stereocenters. The van der Waals surface area contributed by atoms with Gasteiger partial charge in [-0.3, -0.25) is 0 Å². The van der Waals surface area contributed by atoms with Crippen LogP contribution in [0.15, 0.2) is 0 Å². The second-order valence-electron chi connectivity index (χ2n) is 11.7. The molecule has 6 atom stereocenters. The van der Waals surface area contributed by atoms with Crippen molar-refractivity contribution in [1.82, 2.24) is 0 Å². The summed E-state index contributed by atoms with van der Waals surface area (Å²) in [7, 11) is 0. The molecule has 4 fully saturated rings. The first-order valence-electron chi connectivity index (χ1n) is 13.6. The van der Waals surface area contributed by atoms with Crippen LogP contribution in [0.3, 0.4) is 0 Å². The molecule has 0 aromatic heterocycles. The summed E-state index contributed by atoms with van der Waals surface area (Å²) in [5, 5.41) is 0. The van der Waals surface area contributed by atoms with E-state index in [1.54, 1.807) is 12.8 Å². The van der Waals surface area contributed by atoms with E-state index in [4.69, 9.17) is 0 Å². The van der Waals surface area contributed by atoms with Gasteiger partial charge in [-0.1, -0.05) is 83.1 Å². The smallest absolute Gasteiger partial charge is 0.0240 e. The minimum Gasteiger partial charge on any atom is -0.0683 e. The third-order valence-corrected chi connectivity index (χ3v) is 9.58. The van der Waals surface area contributed by atoms with Crippen molar-refractivity contribution in [2.24, 2.45) is 58.2 Å². The molecule has 4 aliphatic rings. The zero-order valence-electron chi connectivity index (χ0n) is 22.6. The Balaban J connectivity index is 0.000000248. The summed E-state index contributed by atoms with van der Waals surface area (Å²) in [5.74, 6) is 8.04. The van der Waals surface area contributed by atoms with Crippen LogP contribution in [0.1, 0.15) is 128 Å². The first-order valence-corrected chi connectivity index (χ1v) is 13.6. The summed E-state index contributed by atoms with van der Waals surface area (Å²) in [6.07, 6.45) is 10.7. The first-order chi connectivity index (χ1) is 13.6. The van der Waals surface area contributed by atoms with E-state index >= 15 is 0 Å². The van der Waals surface area contributed by atoms with Crippen molar-refractivity contribution in [2.45, 2.75) is 128 Å². The molecule has 174 valence electrons. The van der Waals surface area contributed by atoms with Gasteiger partial charge in [-0.15, -0.1) is 0 Å².